The average Bonchev–Trinajstić information content (AvgIpc) is 3.02. The number of carbonyl (C=O) groups is 1. The van der Waals surface area contributed by atoms with Crippen LogP contribution in [0.25, 0.3) is 0 Å². The highest BCUT2D eigenvalue weighted by Crippen LogP contribution is 2.31. The summed E-state index contributed by atoms with van der Waals surface area (Å²) in [5, 5.41) is 0. The van der Waals surface area contributed by atoms with E-state index >= 15 is 0 Å². The van der Waals surface area contributed by atoms with E-state index in [4.69, 9.17) is 4.74 Å². The number of halogens is 5. The number of benzene rings is 1. The van der Waals surface area contributed by atoms with Gasteiger partial charge >= 0.3 is 5.97 Å². The van der Waals surface area contributed by atoms with Crippen molar-refractivity contribution < 1.29 is 31.5 Å². The molecule has 0 amide bonds. The molecule has 2 aliphatic rings. The number of ether oxygens (including phenoxy) is 1. The Kier molecular flexibility index (Phi) is 4.73. The standard InChI is InChI=1S/C15H15F5N2O2/c16-9-7(10(17)12(19)13(20)11(9)18)5-24-15(23)14-6-3-1-2-4-8(6)21-22-14/h6,8,14,21-22H,1-5H2. The largest absolute Gasteiger partial charge is 0.459 e. The highest BCUT2D eigenvalue weighted by Gasteiger charge is 2.42. The SMILES string of the molecule is O=C(OCc1c(F)c(F)c(F)c(F)c1F)C1NNC2CCCCC21. The van der Waals surface area contributed by atoms with Gasteiger partial charge < -0.3 is 4.74 Å². The third-order valence-corrected chi connectivity index (χ3v) is 4.59. The molecule has 132 valence electrons. The molecule has 1 saturated heterocycles. The summed E-state index contributed by atoms with van der Waals surface area (Å²) in [5.41, 5.74) is 4.58. The van der Waals surface area contributed by atoms with Crippen LogP contribution >= 0.6 is 0 Å². The third-order valence-electron chi connectivity index (χ3n) is 4.59. The first-order valence-corrected chi connectivity index (χ1v) is 7.59. The van der Waals surface area contributed by atoms with Gasteiger partial charge in [0.2, 0.25) is 5.82 Å². The first-order chi connectivity index (χ1) is 11.4. The fraction of sp³-hybridized carbons (Fsp3) is 0.533. The Labute approximate surface area is 134 Å². The second-order valence-corrected chi connectivity index (χ2v) is 5.98. The number of esters is 1. The summed E-state index contributed by atoms with van der Waals surface area (Å²) in [4.78, 5) is 12.1. The molecule has 1 aromatic carbocycles. The van der Waals surface area contributed by atoms with Crippen LogP contribution in [0.3, 0.4) is 0 Å². The molecule has 0 spiro atoms. The number of hydrogen-bond acceptors (Lipinski definition) is 4. The number of hydrazine groups is 1. The van der Waals surface area contributed by atoms with Crippen LogP contribution in [-0.4, -0.2) is 18.1 Å². The molecule has 1 aromatic rings. The predicted octanol–water partition coefficient (Wildman–Crippen LogP) is 2.46. The highest BCUT2D eigenvalue weighted by atomic mass is 19.2. The monoisotopic (exact) mass is 350 g/mol. The zero-order valence-electron chi connectivity index (χ0n) is 12.5. The molecular weight excluding hydrogens is 335 g/mol. The lowest BCUT2D eigenvalue weighted by molar-refractivity contribution is -0.148. The van der Waals surface area contributed by atoms with Crippen LogP contribution in [0.5, 0.6) is 0 Å². The second kappa shape index (κ2) is 6.64. The van der Waals surface area contributed by atoms with Crippen molar-refractivity contribution in [3.63, 3.8) is 0 Å². The Morgan fingerprint density at radius 1 is 0.917 bits per heavy atom. The summed E-state index contributed by atoms with van der Waals surface area (Å²) in [7, 11) is 0. The fourth-order valence-corrected chi connectivity index (χ4v) is 3.29. The van der Waals surface area contributed by atoms with Gasteiger partial charge in [-0.2, -0.15) is 0 Å². The second-order valence-electron chi connectivity index (χ2n) is 5.98. The molecule has 0 bridgehead atoms. The van der Waals surface area contributed by atoms with Crippen LogP contribution in [-0.2, 0) is 16.1 Å². The molecule has 1 saturated carbocycles. The third kappa shape index (κ3) is 2.86. The van der Waals surface area contributed by atoms with Gasteiger partial charge in [0, 0.05) is 12.0 Å². The van der Waals surface area contributed by atoms with Gasteiger partial charge in [-0.1, -0.05) is 12.8 Å². The van der Waals surface area contributed by atoms with E-state index in [0.29, 0.717) is 0 Å². The summed E-state index contributed by atoms with van der Waals surface area (Å²) in [6.45, 7) is -1.03. The van der Waals surface area contributed by atoms with E-state index < -0.39 is 53.3 Å². The quantitative estimate of drug-likeness (QED) is 0.381. The van der Waals surface area contributed by atoms with Crippen LogP contribution in [0.15, 0.2) is 0 Å². The van der Waals surface area contributed by atoms with Crippen molar-refractivity contribution in [2.75, 3.05) is 0 Å². The summed E-state index contributed by atoms with van der Waals surface area (Å²) in [5.74, 6) is -11.2. The molecule has 4 nitrogen and oxygen atoms in total. The molecule has 24 heavy (non-hydrogen) atoms. The molecule has 9 heteroatoms. The number of rotatable bonds is 3. The molecule has 3 rings (SSSR count). The van der Waals surface area contributed by atoms with Crippen molar-refractivity contribution >= 4 is 5.97 Å². The number of nitrogens with one attached hydrogen (secondary N) is 2. The Balaban J connectivity index is 1.71. The van der Waals surface area contributed by atoms with Crippen LogP contribution < -0.4 is 10.9 Å². The topological polar surface area (TPSA) is 50.4 Å². The molecular formula is C15H15F5N2O2. The van der Waals surface area contributed by atoms with Gasteiger partial charge in [-0.15, -0.1) is 0 Å². The van der Waals surface area contributed by atoms with Crippen molar-refractivity contribution in [1.82, 2.24) is 10.9 Å². The van der Waals surface area contributed by atoms with Gasteiger partial charge in [0.1, 0.15) is 12.6 Å². The molecule has 0 aromatic heterocycles. The molecule has 1 heterocycles. The van der Waals surface area contributed by atoms with E-state index in [9.17, 15) is 26.7 Å². The Morgan fingerprint density at radius 3 is 2.17 bits per heavy atom. The maximum absolute atomic E-state index is 13.6. The van der Waals surface area contributed by atoms with Crippen LogP contribution in [0, 0.1) is 35.0 Å². The number of hydrogen-bond donors (Lipinski definition) is 2. The van der Waals surface area contributed by atoms with E-state index in [-0.39, 0.29) is 12.0 Å². The van der Waals surface area contributed by atoms with Crippen LogP contribution in [0.1, 0.15) is 31.2 Å². The minimum atomic E-state index is -2.24. The lowest BCUT2D eigenvalue weighted by Crippen LogP contribution is -2.40. The minimum absolute atomic E-state index is 0.0253. The molecule has 1 aliphatic heterocycles. The van der Waals surface area contributed by atoms with Crippen molar-refractivity contribution in [2.45, 2.75) is 44.4 Å². The lowest BCUT2D eigenvalue weighted by atomic mass is 9.82. The maximum Gasteiger partial charge on any atom is 0.325 e. The van der Waals surface area contributed by atoms with Crippen molar-refractivity contribution in [1.29, 1.82) is 0 Å². The normalized spacial score (nSPS) is 26.3. The van der Waals surface area contributed by atoms with Gasteiger partial charge in [0.25, 0.3) is 0 Å². The fourth-order valence-electron chi connectivity index (χ4n) is 3.29. The number of fused-ring (bicyclic) bond motifs is 1. The first-order valence-electron chi connectivity index (χ1n) is 7.59. The van der Waals surface area contributed by atoms with Gasteiger partial charge in [0.15, 0.2) is 23.3 Å². The van der Waals surface area contributed by atoms with E-state index in [1.165, 1.54) is 0 Å². The summed E-state index contributed by atoms with van der Waals surface area (Å²) in [6, 6.07) is -0.609. The average molecular weight is 350 g/mol. The first kappa shape index (κ1) is 17.1. The zero-order chi connectivity index (χ0) is 17.4. The highest BCUT2D eigenvalue weighted by molar-refractivity contribution is 5.76. The van der Waals surface area contributed by atoms with Crippen molar-refractivity contribution in [3.8, 4) is 0 Å². The van der Waals surface area contributed by atoms with Gasteiger partial charge in [0.05, 0.1) is 5.56 Å². The maximum atomic E-state index is 13.6. The molecule has 2 fully saturated rings. The summed E-state index contributed by atoms with van der Waals surface area (Å²) < 4.78 is 71.1. The molecule has 3 atom stereocenters. The predicted molar refractivity (Wildman–Crippen MR) is 71.8 cm³/mol. The lowest BCUT2D eigenvalue weighted by Gasteiger charge is -2.26. The van der Waals surface area contributed by atoms with E-state index in [1.807, 2.05) is 0 Å². The minimum Gasteiger partial charge on any atom is -0.459 e. The number of carbonyl (C=O) groups excluding carboxylic acids is 1. The Hall–Kier alpha value is -1.74. The van der Waals surface area contributed by atoms with E-state index in [1.54, 1.807) is 0 Å². The molecule has 3 unspecified atom stereocenters. The van der Waals surface area contributed by atoms with Crippen LogP contribution in [0.4, 0.5) is 22.0 Å². The summed E-state index contributed by atoms with van der Waals surface area (Å²) >= 11 is 0. The van der Waals surface area contributed by atoms with Crippen molar-refractivity contribution in [2.24, 2.45) is 5.92 Å². The molecule has 1 aliphatic carbocycles. The zero-order valence-corrected chi connectivity index (χ0v) is 12.5. The van der Waals surface area contributed by atoms with Gasteiger partial charge in [-0.3, -0.25) is 10.2 Å². The summed E-state index contributed by atoms with van der Waals surface area (Å²) in [6.07, 6.45) is 3.65. The Bertz CT molecular complexity index is 641. The van der Waals surface area contributed by atoms with Gasteiger partial charge in [-0.25, -0.2) is 27.4 Å². The smallest absolute Gasteiger partial charge is 0.325 e. The van der Waals surface area contributed by atoms with E-state index in [0.717, 1.165) is 25.7 Å². The van der Waals surface area contributed by atoms with Crippen molar-refractivity contribution in [3.05, 3.63) is 34.6 Å². The van der Waals surface area contributed by atoms with Gasteiger partial charge in [-0.05, 0) is 12.8 Å². The van der Waals surface area contributed by atoms with Crippen LogP contribution in [0.2, 0.25) is 0 Å². The van der Waals surface area contributed by atoms with E-state index in [2.05, 4.69) is 10.9 Å². The Morgan fingerprint density at radius 2 is 1.50 bits per heavy atom. The molecule has 2 N–H and O–H groups in total. The molecule has 0 radical (unpaired) electrons.